The summed E-state index contributed by atoms with van der Waals surface area (Å²) < 4.78 is 10.5. The first-order chi connectivity index (χ1) is 10.2. The summed E-state index contributed by atoms with van der Waals surface area (Å²) in [5.41, 5.74) is 1.20. The number of ether oxygens (including phenoxy) is 2. The molecule has 21 heavy (non-hydrogen) atoms. The second-order valence-corrected chi connectivity index (χ2v) is 4.78. The van der Waals surface area contributed by atoms with Gasteiger partial charge in [-0.2, -0.15) is 0 Å². The first-order valence-corrected chi connectivity index (χ1v) is 7.21. The maximum absolute atomic E-state index is 11.6. The molecule has 0 fully saturated rings. The average molecular weight is 293 g/mol. The quantitative estimate of drug-likeness (QED) is 0.250. The van der Waals surface area contributed by atoms with E-state index in [4.69, 9.17) is 14.7 Å². The molecule has 1 N–H and O–H groups in total. The van der Waals surface area contributed by atoms with Crippen LogP contribution in [0.25, 0.3) is 0 Å². The van der Waals surface area contributed by atoms with E-state index in [0.29, 0.717) is 19.6 Å². The zero-order chi connectivity index (χ0) is 15.5. The van der Waals surface area contributed by atoms with Gasteiger partial charge < -0.3 is 14.7 Å². The highest BCUT2D eigenvalue weighted by atomic mass is 16.5. The Morgan fingerprint density at radius 3 is 2.67 bits per heavy atom. The van der Waals surface area contributed by atoms with Gasteiger partial charge in [0.25, 0.3) is 0 Å². The molecular formula is C16H23NO4. The van der Waals surface area contributed by atoms with Crippen molar-refractivity contribution in [3.8, 4) is 5.75 Å². The molecule has 0 bridgehead atoms. The molecule has 0 heterocycles. The molecular weight excluding hydrogens is 270 g/mol. The van der Waals surface area contributed by atoms with Gasteiger partial charge in [-0.3, -0.25) is 4.79 Å². The van der Waals surface area contributed by atoms with Crippen molar-refractivity contribution in [2.45, 2.75) is 33.1 Å². The lowest BCUT2D eigenvalue weighted by molar-refractivity contribution is -0.145. The normalized spacial score (nSPS) is 12.3. The van der Waals surface area contributed by atoms with Crippen LogP contribution in [0, 0.1) is 12.8 Å². The number of carbonyl (C=O) groups is 1. The van der Waals surface area contributed by atoms with Crippen LogP contribution in [0.2, 0.25) is 0 Å². The highest BCUT2D eigenvalue weighted by Gasteiger charge is 2.17. The lowest BCUT2D eigenvalue weighted by Gasteiger charge is -2.10. The van der Waals surface area contributed by atoms with Crippen LogP contribution in [-0.2, 0) is 9.53 Å². The van der Waals surface area contributed by atoms with Crippen LogP contribution in [0.4, 0.5) is 0 Å². The molecule has 0 amide bonds. The minimum Gasteiger partial charge on any atom is -0.494 e. The molecule has 0 spiro atoms. The summed E-state index contributed by atoms with van der Waals surface area (Å²) in [7, 11) is 0. The SMILES string of the molecule is CCOC(=O)C(/C=N\O)CCCCOc1ccc(C)cc1. The third kappa shape index (κ3) is 6.79. The van der Waals surface area contributed by atoms with Crippen LogP contribution in [0.15, 0.2) is 29.4 Å². The standard InChI is InChI=1S/C16H23NO4/c1-3-20-16(18)14(12-17-19)6-4-5-11-21-15-9-7-13(2)8-10-15/h7-10,12,14,19H,3-6,11H2,1-2H3/b17-12-. The first kappa shape index (κ1) is 17.0. The van der Waals surface area contributed by atoms with E-state index in [9.17, 15) is 4.79 Å². The highest BCUT2D eigenvalue weighted by Crippen LogP contribution is 2.13. The van der Waals surface area contributed by atoms with Crippen molar-refractivity contribution in [2.24, 2.45) is 11.1 Å². The number of oxime groups is 1. The molecule has 0 aromatic heterocycles. The number of aryl methyl sites for hydroxylation is 1. The van der Waals surface area contributed by atoms with Crippen LogP contribution in [0.5, 0.6) is 5.75 Å². The summed E-state index contributed by atoms with van der Waals surface area (Å²) >= 11 is 0. The minimum atomic E-state index is -0.491. The van der Waals surface area contributed by atoms with Gasteiger partial charge in [-0.25, -0.2) is 0 Å². The van der Waals surface area contributed by atoms with Gasteiger partial charge in [-0.05, 0) is 45.2 Å². The summed E-state index contributed by atoms with van der Waals surface area (Å²) in [6.07, 6.45) is 3.42. The molecule has 0 aliphatic heterocycles. The fourth-order valence-corrected chi connectivity index (χ4v) is 1.87. The molecule has 116 valence electrons. The largest absolute Gasteiger partial charge is 0.494 e. The molecule has 0 radical (unpaired) electrons. The van der Waals surface area contributed by atoms with E-state index in [1.807, 2.05) is 31.2 Å². The van der Waals surface area contributed by atoms with Crippen LogP contribution in [0.3, 0.4) is 0 Å². The van der Waals surface area contributed by atoms with E-state index in [-0.39, 0.29) is 5.97 Å². The highest BCUT2D eigenvalue weighted by molar-refractivity contribution is 5.89. The van der Waals surface area contributed by atoms with Gasteiger partial charge in [0.05, 0.1) is 25.3 Å². The van der Waals surface area contributed by atoms with Crippen molar-refractivity contribution in [3.05, 3.63) is 29.8 Å². The Balaban J connectivity index is 2.24. The van der Waals surface area contributed by atoms with E-state index < -0.39 is 5.92 Å². The van der Waals surface area contributed by atoms with E-state index in [0.717, 1.165) is 18.6 Å². The fraction of sp³-hybridized carbons (Fsp3) is 0.500. The van der Waals surface area contributed by atoms with E-state index in [1.54, 1.807) is 6.92 Å². The number of unbranched alkanes of at least 4 members (excludes halogenated alkanes) is 1. The molecule has 5 heteroatoms. The number of carbonyl (C=O) groups excluding carboxylic acids is 1. The van der Waals surface area contributed by atoms with Gasteiger partial charge in [0.15, 0.2) is 0 Å². The Bertz CT molecular complexity index is 442. The first-order valence-electron chi connectivity index (χ1n) is 7.21. The Morgan fingerprint density at radius 2 is 2.05 bits per heavy atom. The number of esters is 1. The second kappa shape index (κ2) is 9.80. The predicted octanol–water partition coefficient (Wildman–Crippen LogP) is 3.18. The summed E-state index contributed by atoms with van der Waals surface area (Å²) in [4.78, 5) is 11.6. The number of hydrogen-bond donors (Lipinski definition) is 1. The molecule has 5 nitrogen and oxygen atoms in total. The molecule has 0 saturated carbocycles. The third-order valence-corrected chi connectivity index (χ3v) is 3.04. The second-order valence-electron chi connectivity index (χ2n) is 4.78. The van der Waals surface area contributed by atoms with Crippen molar-refractivity contribution < 1.29 is 19.5 Å². The molecule has 0 aliphatic carbocycles. The van der Waals surface area contributed by atoms with Crippen molar-refractivity contribution >= 4 is 12.2 Å². The van der Waals surface area contributed by atoms with E-state index >= 15 is 0 Å². The van der Waals surface area contributed by atoms with Crippen LogP contribution in [-0.4, -0.2) is 30.6 Å². The maximum atomic E-state index is 11.6. The number of benzene rings is 1. The zero-order valence-electron chi connectivity index (χ0n) is 12.6. The van der Waals surface area contributed by atoms with Gasteiger partial charge in [0.1, 0.15) is 5.75 Å². The summed E-state index contributed by atoms with van der Waals surface area (Å²) in [6.45, 7) is 4.70. The van der Waals surface area contributed by atoms with Gasteiger partial charge in [-0.1, -0.05) is 17.7 Å². The number of nitrogens with zero attached hydrogens (tertiary/aromatic N) is 1. The molecule has 1 atom stereocenters. The van der Waals surface area contributed by atoms with Crippen LogP contribution >= 0.6 is 0 Å². The average Bonchev–Trinajstić information content (AvgIpc) is 2.48. The summed E-state index contributed by atoms with van der Waals surface area (Å²) in [5, 5.41) is 11.5. The van der Waals surface area contributed by atoms with Crippen molar-refractivity contribution in [1.29, 1.82) is 0 Å². The third-order valence-electron chi connectivity index (χ3n) is 3.04. The Kier molecular flexibility index (Phi) is 7.94. The van der Waals surface area contributed by atoms with Gasteiger partial charge >= 0.3 is 5.97 Å². The number of hydrogen-bond acceptors (Lipinski definition) is 5. The Labute approximate surface area is 125 Å². The monoisotopic (exact) mass is 293 g/mol. The molecule has 1 aromatic rings. The topological polar surface area (TPSA) is 68.1 Å². The number of rotatable bonds is 9. The van der Waals surface area contributed by atoms with Crippen LogP contribution in [0.1, 0.15) is 31.7 Å². The molecule has 0 saturated heterocycles. The zero-order valence-corrected chi connectivity index (χ0v) is 12.6. The smallest absolute Gasteiger partial charge is 0.314 e. The van der Waals surface area contributed by atoms with Crippen molar-refractivity contribution in [2.75, 3.05) is 13.2 Å². The van der Waals surface area contributed by atoms with Gasteiger partial charge in [0.2, 0.25) is 0 Å². The van der Waals surface area contributed by atoms with E-state index in [1.165, 1.54) is 11.8 Å². The van der Waals surface area contributed by atoms with Crippen LogP contribution < -0.4 is 4.74 Å². The van der Waals surface area contributed by atoms with E-state index in [2.05, 4.69) is 5.16 Å². The summed E-state index contributed by atoms with van der Waals surface area (Å²) in [5.74, 6) is 0.00328. The Morgan fingerprint density at radius 1 is 1.33 bits per heavy atom. The fourth-order valence-electron chi connectivity index (χ4n) is 1.87. The molecule has 1 unspecified atom stereocenters. The molecule has 1 aromatic carbocycles. The molecule has 0 aliphatic rings. The van der Waals surface area contributed by atoms with Crippen molar-refractivity contribution in [1.82, 2.24) is 0 Å². The lowest BCUT2D eigenvalue weighted by atomic mass is 10.0. The summed E-state index contributed by atoms with van der Waals surface area (Å²) in [6, 6.07) is 7.89. The van der Waals surface area contributed by atoms with Gasteiger partial charge in [0, 0.05) is 0 Å². The lowest BCUT2D eigenvalue weighted by Crippen LogP contribution is -2.19. The predicted molar refractivity (Wildman–Crippen MR) is 80.9 cm³/mol. The van der Waals surface area contributed by atoms with Gasteiger partial charge in [-0.15, -0.1) is 5.16 Å². The maximum Gasteiger partial charge on any atom is 0.314 e. The minimum absolute atomic E-state index is 0.325. The van der Waals surface area contributed by atoms with Crippen molar-refractivity contribution in [3.63, 3.8) is 0 Å². The Hall–Kier alpha value is -2.04. The molecule has 1 rings (SSSR count).